The van der Waals surface area contributed by atoms with E-state index in [0.717, 1.165) is 18.4 Å². The molecule has 0 rings (SSSR count). The maximum atomic E-state index is 11.1. The Kier molecular flexibility index (Phi) is 31.6. The molecule has 0 atom stereocenters. The number of carbonyl (C=O) groups is 1. The molecular weight excluding hydrogens is 488 g/mol. The second-order valence-corrected chi connectivity index (χ2v) is 12.7. The maximum absolute atomic E-state index is 11.1. The van der Waals surface area contributed by atoms with E-state index in [0.29, 0.717) is 0 Å². The number of carboxylic acids is 1. The van der Waals surface area contributed by atoms with Gasteiger partial charge in [0.05, 0.1) is 0 Å². The Balaban J connectivity index is 3.87. The first kappa shape index (κ1) is 39.0. The summed E-state index contributed by atoms with van der Waals surface area (Å²) in [6, 6.07) is 0. The zero-order valence-electron chi connectivity index (χ0n) is 27.7. The molecule has 0 saturated heterocycles. The predicted octanol–water partition coefficient (Wildman–Crippen LogP) is 13.7. The van der Waals surface area contributed by atoms with E-state index in [2.05, 4.69) is 19.9 Å². The van der Waals surface area contributed by atoms with Crippen LogP contribution in [0.1, 0.15) is 213 Å². The molecule has 0 aliphatic rings. The number of hydrogen-bond acceptors (Lipinski definition) is 1. The number of carboxylic acid groups (broad SMARTS) is 1. The summed E-state index contributed by atoms with van der Waals surface area (Å²) in [5, 5.41) is 9.11. The Morgan fingerprint density at radius 3 is 0.925 bits per heavy atom. The van der Waals surface area contributed by atoms with Crippen molar-refractivity contribution in [3.8, 4) is 0 Å². The molecular formula is C38H72O2. The third kappa shape index (κ3) is 31.5. The maximum Gasteiger partial charge on any atom is 0.328 e. The van der Waals surface area contributed by atoms with Crippen molar-refractivity contribution in [2.24, 2.45) is 0 Å². The number of aliphatic carboxylic acids is 1. The van der Waals surface area contributed by atoms with Crippen molar-refractivity contribution in [1.29, 1.82) is 0 Å². The van der Waals surface area contributed by atoms with Crippen molar-refractivity contribution in [3.05, 3.63) is 23.3 Å². The molecule has 0 aromatic rings. The first-order chi connectivity index (χ1) is 19.6. The second-order valence-electron chi connectivity index (χ2n) is 12.7. The Morgan fingerprint density at radius 2 is 0.675 bits per heavy atom. The molecule has 0 amide bonds. The van der Waals surface area contributed by atoms with Gasteiger partial charge in [0.15, 0.2) is 0 Å². The molecule has 2 heteroatoms. The lowest BCUT2D eigenvalue weighted by atomic mass is 9.97. The van der Waals surface area contributed by atoms with Gasteiger partial charge in [-0.05, 0) is 38.2 Å². The molecule has 236 valence electrons. The van der Waals surface area contributed by atoms with Crippen LogP contribution in [0.3, 0.4) is 0 Å². The zero-order chi connectivity index (χ0) is 29.4. The van der Waals surface area contributed by atoms with Gasteiger partial charge in [0.2, 0.25) is 0 Å². The van der Waals surface area contributed by atoms with Gasteiger partial charge in [-0.15, -0.1) is 0 Å². The van der Waals surface area contributed by atoms with Gasteiger partial charge in [0.25, 0.3) is 0 Å². The van der Waals surface area contributed by atoms with Crippen LogP contribution in [0.25, 0.3) is 0 Å². The standard InChI is InChI=1S/C38H72O2/c1-4-6-8-10-12-14-16-18-20-22-24-26-28-30-32-37(34-36(3)35-38(39)40)33-31-29-27-25-23-21-19-17-15-13-11-9-7-5-2/h34-35H,4-33H2,1-3H3,(H,39,40)/b36-35+. The van der Waals surface area contributed by atoms with Crippen molar-refractivity contribution in [2.45, 2.75) is 213 Å². The van der Waals surface area contributed by atoms with Crippen molar-refractivity contribution in [3.63, 3.8) is 0 Å². The monoisotopic (exact) mass is 561 g/mol. The summed E-state index contributed by atoms with van der Waals surface area (Å²) in [4.78, 5) is 11.1. The number of allylic oxidation sites excluding steroid dienone is 3. The van der Waals surface area contributed by atoms with Crippen molar-refractivity contribution in [1.82, 2.24) is 0 Å². The van der Waals surface area contributed by atoms with Crippen LogP contribution in [0.5, 0.6) is 0 Å². The quantitative estimate of drug-likeness (QED) is 0.0504. The Hall–Kier alpha value is -1.05. The summed E-state index contributed by atoms with van der Waals surface area (Å²) in [6.45, 7) is 6.51. The minimum Gasteiger partial charge on any atom is -0.478 e. The van der Waals surface area contributed by atoms with Gasteiger partial charge >= 0.3 is 5.97 Å². The molecule has 0 aromatic carbocycles. The van der Waals surface area contributed by atoms with E-state index in [1.807, 2.05) is 6.92 Å². The summed E-state index contributed by atoms with van der Waals surface area (Å²) in [7, 11) is 0. The third-order valence-electron chi connectivity index (χ3n) is 8.49. The molecule has 0 fully saturated rings. The predicted molar refractivity (Wildman–Crippen MR) is 179 cm³/mol. The van der Waals surface area contributed by atoms with Crippen LogP contribution in [0.15, 0.2) is 23.3 Å². The lowest BCUT2D eigenvalue weighted by Crippen LogP contribution is -1.92. The molecule has 0 aliphatic heterocycles. The van der Waals surface area contributed by atoms with E-state index in [9.17, 15) is 4.79 Å². The lowest BCUT2D eigenvalue weighted by Gasteiger charge is -2.09. The largest absolute Gasteiger partial charge is 0.478 e. The molecule has 0 heterocycles. The van der Waals surface area contributed by atoms with Gasteiger partial charge in [0.1, 0.15) is 0 Å². The summed E-state index contributed by atoms with van der Waals surface area (Å²) < 4.78 is 0. The number of hydrogen-bond donors (Lipinski definition) is 1. The number of unbranched alkanes of at least 4 members (excludes halogenated alkanes) is 26. The molecule has 0 saturated carbocycles. The van der Waals surface area contributed by atoms with E-state index >= 15 is 0 Å². The smallest absolute Gasteiger partial charge is 0.328 e. The summed E-state index contributed by atoms with van der Waals surface area (Å²) >= 11 is 0. The minimum atomic E-state index is -0.832. The summed E-state index contributed by atoms with van der Waals surface area (Å²) in [6.07, 6.45) is 44.8. The molecule has 0 radical (unpaired) electrons. The van der Waals surface area contributed by atoms with Gasteiger partial charge in [-0.1, -0.05) is 192 Å². The molecule has 0 aliphatic carbocycles. The molecule has 0 aromatic heterocycles. The highest BCUT2D eigenvalue weighted by atomic mass is 16.4. The van der Waals surface area contributed by atoms with E-state index in [4.69, 9.17) is 5.11 Å². The topological polar surface area (TPSA) is 37.3 Å². The van der Waals surface area contributed by atoms with Crippen LogP contribution in [0.4, 0.5) is 0 Å². The molecule has 2 nitrogen and oxygen atoms in total. The summed E-state index contributed by atoms with van der Waals surface area (Å²) in [5.74, 6) is -0.832. The fourth-order valence-electron chi connectivity index (χ4n) is 5.92. The highest BCUT2D eigenvalue weighted by Crippen LogP contribution is 2.21. The van der Waals surface area contributed by atoms with Crippen LogP contribution < -0.4 is 0 Å². The first-order valence-corrected chi connectivity index (χ1v) is 18.2. The number of rotatable bonds is 32. The van der Waals surface area contributed by atoms with Gasteiger partial charge in [-0.3, -0.25) is 0 Å². The van der Waals surface area contributed by atoms with Crippen molar-refractivity contribution in [2.75, 3.05) is 0 Å². The Morgan fingerprint density at radius 1 is 0.425 bits per heavy atom. The SMILES string of the molecule is CCCCCCCCCCCCCCCCC(=C/C(C)=C/C(=O)O)CCCCCCCCCCCCCCCC. The van der Waals surface area contributed by atoms with E-state index in [-0.39, 0.29) is 0 Å². The van der Waals surface area contributed by atoms with Gasteiger partial charge in [-0.25, -0.2) is 4.79 Å². The molecule has 40 heavy (non-hydrogen) atoms. The fraction of sp³-hybridized carbons (Fsp3) is 0.868. The van der Waals surface area contributed by atoms with Crippen LogP contribution in [0.2, 0.25) is 0 Å². The van der Waals surface area contributed by atoms with E-state index < -0.39 is 5.97 Å². The van der Waals surface area contributed by atoms with Crippen LogP contribution >= 0.6 is 0 Å². The van der Waals surface area contributed by atoms with Crippen LogP contribution in [-0.4, -0.2) is 11.1 Å². The molecule has 0 bridgehead atoms. The molecule has 0 spiro atoms. The molecule has 1 N–H and O–H groups in total. The third-order valence-corrected chi connectivity index (χ3v) is 8.49. The van der Waals surface area contributed by atoms with Gasteiger partial charge < -0.3 is 5.11 Å². The average molecular weight is 561 g/mol. The molecule has 0 unspecified atom stereocenters. The summed E-state index contributed by atoms with van der Waals surface area (Å²) in [5.41, 5.74) is 2.35. The van der Waals surface area contributed by atoms with Crippen molar-refractivity contribution < 1.29 is 9.90 Å². The van der Waals surface area contributed by atoms with Gasteiger partial charge in [-0.2, -0.15) is 0 Å². The highest BCUT2D eigenvalue weighted by molar-refractivity contribution is 5.81. The van der Waals surface area contributed by atoms with E-state index in [1.54, 1.807) is 0 Å². The minimum absolute atomic E-state index is 0.832. The average Bonchev–Trinajstić information content (AvgIpc) is 2.92. The second kappa shape index (κ2) is 32.5. The zero-order valence-corrected chi connectivity index (χ0v) is 27.7. The van der Waals surface area contributed by atoms with Crippen LogP contribution in [-0.2, 0) is 4.79 Å². The fourth-order valence-corrected chi connectivity index (χ4v) is 5.92. The highest BCUT2D eigenvalue weighted by Gasteiger charge is 2.02. The normalized spacial score (nSPS) is 11.7. The Labute approximate surface area is 252 Å². The lowest BCUT2D eigenvalue weighted by molar-refractivity contribution is -0.131. The van der Waals surface area contributed by atoms with E-state index in [1.165, 1.54) is 191 Å². The van der Waals surface area contributed by atoms with Crippen molar-refractivity contribution >= 4 is 5.97 Å². The first-order valence-electron chi connectivity index (χ1n) is 18.2. The Bertz CT molecular complexity index is 554. The van der Waals surface area contributed by atoms with Crippen LogP contribution in [0, 0.1) is 0 Å². The van der Waals surface area contributed by atoms with Gasteiger partial charge in [0, 0.05) is 6.08 Å².